The zero-order valence-electron chi connectivity index (χ0n) is 17.6. The van der Waals surface area contributed by atoms with Gasteiger partial charge in [-0.05, 0) is 71.7 Å². The average Bonchev–Trinajstić information content (AvgIpc) is 2.79. The van der Waals surface area contributed by atoms with Gasteiger partial charge in [-0.1, -0.05) is 26.0 Å². The van der Waals surface area contributed by atoms with Crippen molar-refractivity contribution in [1.29, 1.82) is 0 Å². The lowest BCUT2D eigenvalue weighted by Crippen LogP contribution is -2.43. The summed E-state index contributed by atoms with van der Waals surface area (Å²) in [7, 11) is 0. The molecule has 7 heteroatoms. The minimum atomic E-state index is -0.227. The van der Waals surface area contributed by atoms with Gasteiger partial charge in [-0.3, -0.25) is 14.5 Å². The highest BCUT2D eigenvalue weighted by Gasteiger charge is 2.29. The van der Waals surface area contributed by atoms with Gasteiger partial charge >= 0.3 is 0 Å². The highest BCUT2D eigenvalue weighted by molar-refractivity contribution is 9.10. The molecule has 1 saturated heterocycles. The number of aromatic nitrogens is 1. The zero-order valence-corrected chi connectivity index (χ0v) is 19.2. The third-order valence-electron chi connectivity index (χ3n) is 5.56. The van der Waals surface area contributed by atoms with E-state index in [1.807, 2.05) is 30.3 Å². The van der Waals surface area contributed by atoms with Crippen molar-refractivity contribution in [2.24, 2.45) is 5.92 Å². The zero-order chi connectivity index (χ0) is 21.5. The van der Waals surface area contributed by atoms with Gasteiger partial charge in [0.1, 0.15) is 5.82 Å². The number of nitrogens with zero attached hydrogens (tertiary/aromatic N) is 3. The predicted molar refractivity (Wildman–Crippen MR) is 122 cm³/mol. The fourth-order valence-electron chi connectivity index (χ4n) is 3.69. The summed E-state index contributed by atoms with van der Waals surface area (Å²) < 4.78 is 0.859. The summed E-state index contributed by atoms with van der Waals surface area (Å²) in [4.78, 5) is 34.0. The number of amides is 2. The summed E-state index contributed by atoms with van der Waals surface area (Å²) >= 11 is 3.34. The number of anilines is 1. The number of carbonyl (C=O) groups is 2. The molecule has 3 rings (SSSR count). The number of likely N-dealkylation sites (tertiary alicyclic amines) is 1. The molecule has 1 unspecified atom stereocenters. The Morgan fingerprint density at radius 1 is 1.17 bits per heavy atom. The maximum atomic E-state index is 13.0. The van der Waals surface area contributed by atoms with Crippen LogP contribution in [-0.2, 0) is 11.3 Å². The molecule has 6 nitrogen and oxygen atoms in total. The number of rotatable bonds is 7. The molecule has 30 heavy (non-hydrogen) atoms. The normalized spacial score (nSPS) is 16.5. The van der Waals surface area contributed by atoms with Crippen LogP contribution in [0.4, 0.5) is 5.82 Å². The number of benzene rings is 1. The molecule has 0 radical (unpaired) electrons. The molecule has 2 heterocycles. The average molecular weight is 473 g/mol. The van der Waals surface area contributed by atoms with Crippen LogP contribution >= 0.6 is 15.9 Å². The molecule has 0 aliphatic carbocycles. The second-order valence-electron chi connectivity index (χ2n) is 7.60. The molecule has 1 aliphatic heterocycles. The van der Waals surface area contributed by atoms with Gasteiger partial charge in [-0.2, -0.15) is 0 Å². The van der Waals surface area contributed by atoms with Crippen LogP contribution in [0, 0.1) is 5.92 Å². The van der Waals surface area contributed by atoms with Gasteiger partial charge in [-0.15, -0.1) is 0 Å². The lowest BCUT2D eigenvalue weighted by Gasteiger charge is -2.32. The van der Waals surface area contributed by atoms with Crippen molar-refractivity contribution >= 4 is 33.6 Å². The second kappa shape index (κ2) is 10.7. The third-order valence-corrected chi connectivity index (χ3v) is 6.03. The summed E-state index contributed by atoms with van der Waals surface area (Å²) in [6, 6.07) is 11.4. The summed E-state index contributed by atoms with van der Waals surface area (Å²) in [6.07, 6.45) is 3.24. The van der Waals surface area contributed by atoms with Crippen LogP contribution < -0.4 is 5.32 Å². The van der Waals surface area contributed by atoms with Crippen LogP contribution in [-0.4, -0.2) is 52.8 Å². The monoisotopic (exact) mass is 472 g/mol. The van der Waals surface area contributed by atoms with Crippen molar-refractivity contribution in [3.63, 3.8) is 0 Å². The molecule has 1 N–H and O–H groups in total. The fraction of sp³-hybridized carbons (Fsp3) is 0.435. The summed E-state index contributed by atoms with van der Waals surface area (Å²) in [5.74, 6) is 0.200. The fourth-order valence-corrected chi connectivity index (χ4v) is 3.93. The van der Waals surface area contributed by atoms with Gasteiger partial charge in [0.25, 0.3) is 5.91 Å². The van der Waals surface area contributed by atoms with E-state index in [1.54, 1.807) is 17.2 Å². The van der Waals surface area contributed by atoms with Crippen LogP contribution in [0.5, 0.6) is 0 Å². The molecule has 160 valence electrons. The maximum absolute atomic E-state index is 13.0. The van der Waals surface area contributed by atoms with Gasteiger partial charge in [0.2, 0.25) is 5.91 Å². The molecule has 0 bridgehead atoms. The number of nitrogens with one attached hydrogen (secondary N) is 1. The smallest absolute Gasteiger partial charge is 0.253 e. The number of hydrogen-bond acceptors (Lipinski definition) is 4. The SMILES string of the molecule is CCN(CC)Cc1ccc(C(=O)N2CCCC(C(=O)Nc3ccc(Br)cn3)C2)cc1. The Balaban J connectivity index is 1.59. The van der Waals surface area contributed by atoms with Gasteiger partial charge in [-0.25, -0.2) is 4.98 Å². The highest BCUT2D eigenvalue weighted by Crippen LogP contribution is 2.21. The van der Waals surface area contributed by atoms with Crippen molar-refractivity contribution in [3.8, 4) is 0 Å². The molecule has 1 aliphatic rings. The largest absolute Gasteiger partial charge is 0.338 e. The highest BCUT2D eigenvalue weighted by atomic mass is 79.9. The first-order chi connectivity index (χ1) is 14.5. The van der Waals surface area contributed by atoms with Crippen molar-refractivity contribution in [3.05, 3.63) is 58.2 Å². The van der Waals surface area contributed by atoms with E-state index in [0.29, 0.717) is 24.5 Å². The van der Waals surface area contributed by atoms with E-state index in [-0.39, 0.29) is 17.7 Å². The van der Waals surface area contributed by atoms with Crippen molar-refractivity contribution in [2.45, 2.75) is 33.2 Å². The second-order valence-corrected chi connectivity index (χ2v) is 8.52. The lowest BCUT2D eigenvalue weighted by molar-refractivity contribution is -0.121. The number of piperidine rings is 1. The summed E-state index contributed by atoms with van der Waals surface area (Å²) in [6.45, 7) is 8.31. The molecule has 1 fully saturated rings. The minimum Gasteiger partial charge on any atom is -0.338 e. The van der Waals surface area contributed by atoms with E-state index >= 15 is 0 Å². The molecule has 2 aromatic rings. The van der Waals surface area contributed by atoms with Gasteiger partial charge in [0, 0.05) is 35.9 Å². The summed E-state index contributed by atoms with van der Waals surface area (Å²) in [5.41, 5.74) is 1.88. The van der Waals surface area contributed by atoms with Crippen LogP contribution in [0.3, 0.4) is 0 Å². The van der Waals surface area contributed by atoms with E-state index in [9.17, 15) is 9.59 Å². The first-order valence-corrected chi connectivity index (χ1v) is 11.3. The topological polar surface area (TPSA) is 65.5 Å². The molecule has 1 aromatic heterocycles. The van der Waals surface area contributed by atoms with Gasteiger partial charge in [0.05, 0.1) is 5.92 Å². The molecule has 1 aromatic carbocycles. The van der Waals surface area contributed by atoms with Crippen molar-refractivity contribution in [2.75, 3.05) is 31.5 Å². The Labute approximate surface area is 186 Å². The standard InChI is InChI=1S/C23H29BrN4O2/c1-3-27(4-2)15-17-7-9-18(10-8-17)23(30)28-13-5-6-19(16-28)22(29)26-21-12-11-20(24)14-25-21/h7-12,14,19H,3-6,13,15-16H2,1-2H3,(H,25,26,29). The van der Waals surface area contributed by atoms with Crippen LogP contribution in [0.15, 0.2) is 47.1 Å². The molecule has 0 spiro atoms. The summed E-state index contributed by atoms with van der Waals surface area (Å²) in [5, 5.41) is 2.86. The molecular formula is C23H29BrN4O2. The van der Waals surface area contributed by atoms with Crippen molar-refractivity contribution in [1.82, 2.24) is 14.8 Å². The quantitative estimate of drug-likeness (QED) is 0.656. The molecule has 0 saturated carbocycles. The maximum Gasteiger partial charge on any atom is 0.253 e. The molecule has 1 atom stereocenters. The Morgan fingerprint density at radius 3 is 2.53 bits per heavy atom. The minimum absolute atomic E-state index is 0.0105. The Bertz CT molecular complexity index is 851. The molecular weight excluding hydrogens is 444 g/mol. The number of halogens is 1. The first-order valence-electron chi connectivity index (χ1n) is 10.5. The third kappa shape index (κ3) is 5.89. The van der Waals surface area contributed by atoms with E-state index in [1.165, 1.54) is 5.56 Å². The van der Waals surface area contributed by atoms with Crippen molar-refractivity contribution < 1.29 is 9.59 Å². The predicted octanol–water partition coefficient (Wildman–Crippen LogP) is 4.18. The van der Waals surface area contributed by atoms with Crippen LogP contribution in [0.1, 0.15) is 42.6 Å². The van der Waals surface area contributed by atoms with Crippen LogP contribution in [0.2, 0.25) is 0 Å². The Kier molecular flexibility index (Phi) is 7.99. The van der Waals surface area contributed by atoms with Gasteiger partial charge < -0.3 is 10.2 Å². The van der Waals surface area contributed by atoms with E-state index in [0.717, 1.165) is 36.9 Å². The van der Waals surface area contributed by atoms with Gasteiger partial charge in [0.15, 0.2) is 0 Å². The Morgan fingerprint density at radius 2 is 1.90 bits per heavy atom. The number of pyridine rings is 1. The van der Waals surface area contributed by atoms with Crippen LogP contribution in [0.25, 0.3) is 0 Å². The molecule has 2 amide bonds. The Hall–Kier alpha value is -2.25. The van der Waals surface area contributed by atoms with E-state index in [2.05, 4.69) is 45.0 Å². The lowest BCUT2D eigenvalue weighted by atomic mass is 9.96. The first kappa shape index (κ1) is 22.4. The number of hydrogen-bond donors (Lipinski definition) is 1. The number of carbonyl (C=O) groups excluding carboxylic acids is 2. The van der Waals surface area contributed by atoms with E-state index in [4.69, 9.17) is 0 Å². The van der Waals surface area contributed by atoms with E-state index < -0.39 is 0 Å².